The summed E-state index contributed by atoms with van der Waals surface area (Å²) in [6, 6.07) is 0.569. The second kappa shape index (κ2) is 4.30. The molecular weight excluding hydrogens is 176 g/mol. The molecule has 0 aromatic rings. The van der Waals surface area contributed by atoms with Crippen LogP contribution in [0.2, 0.25) is 0 Å². The van der Waals surface area contributed by atoms with Crippen LogP contribution in [0.3, 0.4) is 0 Å². The first-order chi connectivity index (χ1) is 6.77. The average molecular weight is 196 g/mol. The van der Waals surface area contributed by atoms with E-state index >= 15 is 0 Å². The molecule has 0 radical (unpaired) electrons. The molecule has 2 rings (SSSR count). The van der Waals surface area contributed by atoms with Gasteiger partial charge in [0.05, 0.1) is 0 Å². The Kier molecular flexibility index (Phi) is 3.06. The fourth-order valence-electron chi connectivity index (χ4n) is 2.15. The molecule has 80 valence electrons. The van der Waals surface area contributed by atoms with Gasteiger partial charge in [-0.1, -0.05) is 0 Å². The molecule has 1 atom stereocenters. The Labute approximate surface area is 85.8 Å². The van der Waals surface area contributed by atoms with E-state index in [0.29, 0.717) is 17.9 Å². The molecule has 1 N–H and O–H groups in total. The summed E-state index contributed by atoms with van der Waals surface area (Å²) in [6.45, 7) is 2.16. The van der Waals surface area contributed by atoms with Crippen LogP contribution in [0.5, 0.6) is 0 Å². The smallest absolute Gasteiger partial charge is 0.222 e. The van der Waals surface area contributed by atoms with E-state index < -0.39 is 0 Å². The molecule has 2 aliphatic rings. The lowest BCUT2D eigenvalue weighted by molar-refractivity contribution is -0.131. The zero-order valence-corrected chi connectivity index (χ0v) is 8.96. The molecule has 0 spiro atoms. The van der Waals surface area contributed by atoms with Crippen molar-refractivity contribution in [1.82, 2.24) is 10.2 Å². The molecule has 2 fully saturated rings. The number of nitrogens with one attached hydrogen (secondary N) is 1. The van der Waals surface area contributed by atoms with E-state index in [1.54, 1.807) is 0 Å². The highest BCUT2D eigenvalue weighted by molar-refractivity contribution is 5.76. The van der Waals surface area contributed by atoms with Crippen molar-refractivity contribution in [2.24, 2.45) is 5.92 Å². The lowest BCUT2D eigenvalue weighted by atomic mass is 9.96. The van der Waals surface area contributed by atoms with Gasteiger partial charge in [-0.15, -0.1) is 0 Å². The Morgan fingerprint density at radius 2 is 2.21 bits per heavy atom. The second-order valence-corrected chi connectivity index (χ2v) is 4.65. The predicted molar refractivity (Wildman–Crippen MR) is 56.0 cm³/mol. The number of carbonyl (C=O) groups is 1. The van der Waals surface area contributed by atoms with Crippen LogP contribution < -0.4 is 5.32 Å². The van der Waals surface area contributed by atoms with Gasteiger partial charge in [0.1, 0.15) is 0 Å². The zero-order valence-electron chi connectivity index (χ0n) is 8.96. The minimum atomic E-state index is 0.348. The van der Waals surface area contributed by atoms with Crippen LogP contribution >= 0.6 is 0 Å². The SMILES string of the molecule is CN(C(=O)CC1CCCNC1)C1CC1. The van der Waals surface area contributed by atoms with Crippen LogP contribution in [0.4, 0.5) is 0 Å². The molecule has 1 unspecified atom stereocenters. The summed E-state index contributed by atoms with van der Waals surface area (Å²) >= 11 is 0. The number of nitrogens with zero attached hydrogens (tertiary/aromatic N) is 1. The molecule has 14 heavy (non-hydrogen) atoms. The molecule has 1 amide bonds. The maximum Gasteiger partial charge on any atom is 0.222 e. The summed E-state index contributed by atoms with van der Waals surface area (Å²) in [5.74, 6) is 0.929. The van der Waals surface area contributed by atoms with Gasteiger partial charge in [-0.25, -0.2) is 0 Å². The summed E-state index contributed by atoms with van der Waals surface area (Å²) < 4.78 is 0. The van der Waals surface area contributed by atoms with Crippen molar-refractivity contribution in [2.45, 2.75) is 38.1 Å². The Morgan fingerprint density at radius 3 is 2.79 bits per heavy atom. The van der Waals surface area contributed by atoms with Crippen LogP contribution in [0.25, 0.3) is 0 Å². The van der Waals surface area contributed by atoms with Crippen LogP contribution in [0.1, 0.15) is 32.1 Å². The first-order valence-corrected chi connectivity index (χ1v) is 5.74. The van der Waals surface area contributed by atoms with Crippen LogP contribution in [0, 0.1) is 5.92 Å². The Morgan fingerprint density at radius 1 is 1.43 bits per heavy atom. The normalized spacial score (nSPS) is 27.4. The fraction of sp³-hybridized carbons (Fsp3) is 0.909. The third-order valence-electron chi connectivity index (χ3n) is 3.35. The maximum absolute atomic E-state index is 11.8. The standard InChI is InChI=1S/C11H20N2O/c1-13(10-4-5-10)11(14)7-9-3-2-6-12-8-9/h9-10,12H,2-8H2,1H3. The van der Waals surface area contributed by atoms with E-state index in [0.717, 1.165) is 19.5 Å². The number of hydrogen-bond acceptors (Lipinski definition) is 2. The van der Waals surface area contributed by atoms with Crippen molar-refractivity contribution < 1.29 is 4.79 Å². The van der Waals surface area contributed by atoms with Gasteiger partial charge in [-0.2, -0.15) is 0 Å². The van der Waals surface area contributed by atoms with E-state index in [2.05, 4.69) is 5.32 Å². The fourth-order valence-corrected chi connectivity index (χ4v) is 2.15. The van der Waals surface area contributed by atoms with Gasteiger partial charge in [0, 0.05) is 19.5 Å². The maximum atomic E-state index is 11.8. The van der Waals surface area contributed by atoms with E-state index in [4.69, 9.17) is 0 Å². The molecule has 1 aliphatic carbocycles. The Bertz CT molecular complexity index is 207. The second-order valence-electron chi connectivity index (χ2n) is 4.65. The first kappa shape index (κ1) is 9.97. The number of rotatable bonds is 3. The monoisotopic (exact) mass is 196 g/mol. The van der Waals surface area contributed by atoms with E-state index in [1.807, 2.05) is 11.9 Å². The minimum absolute atomic E-state index is 0.348. The van der Waals surface area contributed by atoms with Crippen LogP contribution in [0.15, 0.2) is 0 Å². The Balaban J connectivity index is 1.74. The molecule has 1 saturated carbocycles. The van der Waals surface area contributed by atoms with E-state index in [1.165, 1.54) is 25.7 Å². The zero-order chi connectivity index (χ0) is 9.97. The highest BCUT2D eigenvalue weighted by atomic mass is 16.2. The Hall–Kier alpha value is -0.570. The van der Waals surface area contributed by atoms with Crippen molar-refractivity contribution in [3.05, 3.63) is 0 Å². The molecule has 1 heterocycles. The highest BCUT2D eigenvalue weighted by Crippen LogP contribution is 2.27. The molecule has 3 nitrogen and oxygen atoms in total. The summed E-state index contributed by atoms with van der Waals surface area (Å²) in [7, 11) is 1.95. The first-order valence-electron chi connectivity index (χ1n) is 5.74. The van der Waals surface area contributed by atoms with Gasteiger partial charge in [-0.3, -0.25) is 4.79 Å². The lowest BCUT2D eigenvalue weighted by Crippen LogP contribution is -2.35. The lowest BCUT2D eigenvalue weighted by Gasteiger charge is -2.24. The average Bonchev–Trinajstić information content (AvgIpc) is 3.01. The summed E-state index contributed by atoms with van der Waals surface area (Å²) in [4.78, 5) is 13.7. The molecule has 1 saturated heterocycles. The van der Waals surface area contributed by atoms with Gasteiger partial charge in [-0.05, 0) is 44.7 Å². The van der Waals surface area contributed by atoms with E-state index in [9.17, 15) is 4.79 Å². The number of piperidine rings is 1. The molecule has 0 aromatic carbocycles. The summed E-state index contributed by atoms with van der Waals surface area (Å²) in [5, 5.41) is 3.35. The summed E-state index contributed by atoms with van der Waals surface area (Å²) in [6.07, 6.45) is 5.62. The van der Waals surface area contributed by atoms with Crippen LogP contribution in [-0.2, 0) is 4.79 Å². The largest absolute Gasteiger partial charge is 0.343 e. The third-order valence-corrected chi connectivity index (χ3v) is 3.35. The summed E-state index contributed by atoms with van der Waals surface area (Å²) in [5.41, 5.74) is 0. The minimum Gasteiger partial charge on any atom is -0.343 e. The van der Waals surface area contributed by atoms with Gasteiger partial charge in [0.2, 0.25) is 5.91 Å². The van der Waals surface area contributed by atoms with Gasteiger partial charge in [0.25, 0.3) is 0 Å². The van der Waals surface area contributed by atoms with Crippen molar-refractivity contribution in [3.8, 4) is 0 Å². The van der Waals surface area contributed by atoms with Gasteiger partial charge in [0.15, 0.2) is 0 Å². The third kappa shape index (κ3) is 2.47. The van der Waals surface area contributed by atoms with Crippen molar-refractivity contribution >= 4 is 5.91 Å². The number of amides is 1. The highest BCUT2D eigenvalue weighted by Gasteiger charge is 2.30. The quantitative estimate of drug-likeness (QED) is 0.730. The van der Waals surface area contributed by atoms with E-state index in [-0.39, 0.29) is 0 Å². The van der Waals surface area contributed by atoms with Crippen molar-refractivity contribution in [1.29, 1.82) is 0 Å². The molecule has 1 aliphatic heterocycles. The molecule has 3 heteroatoms. The topological polar surface area (TPSA) is 32.3 Å². The van der Waals surface area contributed by atoms with Crippen molar-refractivity contribution in [3.63, 3.8) is 0 Å². The van der Waals surface area contributed by atoms with Crippen LogP contribution in [-0.4, -0.2) is 37.0 Å². The molecular formula is C11H20N2O. The molecule has 0 bridgehead atoms. The molecule has 0 aromatic heterocycles. The van der Waals surface area contributed by atoms with Crippen molar-refractivity contribution in [2.75, 3.05) is 20.1 Å². The number of hydrogen-bond donors (Lipinski definition) is 1. The van der Waals surface area contributed by atoms with Gasteiger partial charge < -0.3 is 10.2 Å². The van der Waals surface area contributed by atoms with Gasteiger partial charge >= 0.3 is 0 Å². The number of carbonyl (C=O) groups excluding carboxylic acids is 1. The predicted octanol–water partition coefficient (Wildman–Crippen LogP) is 0.997.